The molecule has 0 bridgehead atoms. The molecule has 1 aromatic rings. The predicted octanol–water partition coefficient (Wildman–Crippen LogP) is 3.72. The number of benzene rings is 1. The quantitative estimate of drug-likeness (QED) is 0.819. The van der Waals surface area contributed by atoms with Crippen molar-refractivity contribution in [3.8, 4) is 0 Å². The SMILES string of the molecule is CC1(C)CC(=O)C=C(Nc2cccc(Br)c2N)C1. The third kappa shape index (κ3) is 2.93. The molecule has 1 aromatic carbocycles. The summed E-state index contributed by atoms with van der Waals surface area (Å²) >= 11 is 3.39. The van der Waals surface area contributed by atoms with Crippen LogP contribution in [0.3, 0.4) is 0 Å². The van der Waals surface area contributed by atoms with E-state index in [1.807, 2.05) is 18.2 Å². The minimum atomic E-state index is 0.00887. The molecule has 0 saturated heterocycles. The monoisotopic (exact) mass is 308 g/mol. The normalized spacial score (nSPS) is 18.4. The number of para-hydroxylation sites is 1. The predicted molar refractivity (Wildman–Crippen MR) is 78.3 cm³/mol. The van der Waals surface area contributed by atoms with Gasteiger partial charge in [-0.15, -0.1) is 0 Å². The summed E-state index contributed by atoms with van der Waals surface area (Å²) in [6.45, 7) is 4.20. The van der Waals surface area contributed by atoms with Gasteiger partial charge in [-0.2, -0.15) is 0 Å². The van der Waals surface area contributed by atoms with Crippen LogP contribution >= 0.6 is 15.9 Å². The van der Waals surface area contributed by atoms with Gasteiger partial charge in [0, 0.05) is 22.7 Å². The summed E-state index contributed by atoms with van der Waals surface area (Å²) < 4.78 is 0.856. The molecule has 0 spiro atoms. The van der Waals surface area contributed by atoms with Crippen LogP contribution < -0.4 is 11.1 Å². The average molecular weight is 309 g/mol. The molecule has 96 valence electrons. The zero-order valence-corrected chi connectivity index (χ0v) is 12.2. The van der Waals surface area contributed by atoms with Crippen LogP contribution in [0.25, 0.3) is 0 Å². The fraction of sp³-hybridized carbons (Fsp3) is 0.357. The van der Waals surface area contributed by atoms with Crippen molar-refractivity contribution in [2.45, 2.75) is 26.7 Å². The average Bonchev–Trinajstić information content (AvgIpc) is 2.22. The molecule has 0 saturated carbocycles. The molecular weight excluding hydrogens is 292 g/mol. The lowest BCUT2D eigenvalue weighted by molar-refractivity contribution is -0.117. The molecule has 0 unspecified atom stereocenters. The third-order valence-corrected chi connectivity index (χ3v) is 3.70. The number of ketones is 1. The van der Waals surface area contributed by atoms with Crippen molar-refractivity contribution >= 4 is 33.1 Å². The lowest BCUT2D eigenvalue weighted by Crippen LogP contribution is -2.24. The van der Waals surface area contributed by atoms with Crippen LogP contribution in [0.5, 0.6) is 0 Å². The number of nitrogens with two attached hydrogens (primary N) is 1. The van der Waals surface area contributed by atoms with Gasteiger partial charge in [-0.1, -0.05) is 19.9 Å². The lowest BCUT2D eigenvalue weighted by Gasteiger charge is -2.29. The Kier molecular flexibility index (Phi) is 3.48. The van der Waals surface area contributed by atoms with Crippen molar-refractivity contribution in [3.63, 3.8) is 0 Å². The molecule has 3 N–H and O–H groups in total. The standard InChI is InChI=1S/C14H17BrN2O/c1-14(2)7-9(6-10(18)8-14)17-12-5-3-4-11(15)13(12)16/h3-6,17H,7-8,16H2,1-2H3. The van der Waals surface area contributed by atoms with E-state index >= 15 is 0 Å². The highest BCUT2D eigenvalue weighted by molar-refractivity contribution is 9.10. The zero-order valence-electron chi connectivity index (χ0n) is 10.6. The number of carbonyl (C=O) groups excluding carboxylic acids is 1. The van der Waals surface area contributed by atoms with Crippen molar-refractivity contribution in [2.24, 2.45) is 5.41 Å². The highest BCUT2D eigenvalue weighted by Crippen LogP contribution is 2.35. The van der Waals surface area contributed by atoms with Crippen LogP contribution in [0.1, 0.15) is 26.7 Å². The van der Waals surface area contributed by atoms with E-state index in [0.717, 1.165) is 22.3 Å². The molecule has 2 rings (SSSR count). The lowest BCUT2D eigenvalue weighted by atomic mass is 9.79. The molecule has 18 heavy (non-hydrogen) atoms. The van der Waals surface area contributed by atoms with E-state index < -0.39 is 0 Å². The third-order valence-electron chi connectivity index (χ3n) is 3.01. The number of anilines is 2. The maximum absolute atomic E-state index is 11.7. The number of nitrogens with one attached hydrogen (secondary N) is 1. The van der Waals surface area contributed by atoms with Crippen molar-refractivity contribution in [2.75, 3.05) is 11.1 Å². The Bertz CT molecular complexity index is 521. The molecule has 0 heterocycles. The van der Waals surface area contributed by atoms with Gasteiger partial charge in [0.25, 0.3) is 0 Å². The smallest absolute Gasteiger partial charge is 0.157 e. The highest BCUT2D eigenvalue weighted by atomic mass is 79.9. The van der Waals surface area contributed by atoms with Gasteiger partial charge in [-0.3, -0.25) is 4.79 Å². The van der Waals surface area contributed by atoms with E-state index in [4.69, 9.17) is 5.73 Å². The summed E-state index contributed by atoms with van der Waals surface area (Å²) in [6.07, 6.45) is 3.14. The molecule has 0 radical (unpaired) electrons. The number of rotatable bonds is 2. The summed E-state index contributed by atoms with van der Waals surface area (Å²) in [5.41, 5.74) is 8.42. The molecule has 1 aliphatic carbocycles. The summed E-state index contributed by atoms with van der Waals surface area (Å²) in [6, 6.07) is 5.72. The number of hydrogen-bond donors (Lipinski definition) is 2. The maximum atomic E-state index is 11.7. The van der Waals surface area contributed by atoms with Crippen molar-refractivity contribution in [1.29, 1.82) is 0 Å². The van der Waals surface area contributed by atoms with E-state index in [0.29, 0.717) is 12.1 Å². The van der Waals surface area contributed by atoms with Gasteiger partial charge in [0.2, 0.25) is 0 Å². The maximum Gasteiger partial charge on any atom is 0.157 e. The first-order valence-electron chi connectivity index (χ1n) is 5.92. The minimum absolute atomic E-state index is 0.00887. The van der Waals surface area contributed by atoms with Crippen LogP contribution in [0.2, 0.25) is 0 Å². The van der Waals surface area contributed by atoms with E-state index in [9.17, 15) is 4.79 Å². The van der Waals surface area contributed by atoms with E-state index in [2.05, 4.69) is 35.1 Å². The second kappa shape index (κ2) is 4.76. The van der Waals surface area contributed by atoms with Gasteiger partial charge in [-0.25, -0.2) is 0 Å². The molecule has 0 aromatic heterocycles. The number of halogens is 1. The zero-order chi connectivity index (χ0) is 13.3. The van der Waals surface area contributed by atoms with Crippen LogP contribution in [0.4, 0.5) is 11.4 Å². The fourth-order valence-electron chi connectivity index (χ4n) is 2.25. The number of hydrogen-bond acceptors (Lipinski definition) is 3. The molecule has 0 fully saturated rings. The van der Waals surface area contributed by atoms with Gasteiger partial charge in [0.05, 0.1) is 11.4 Å². The Balaban J connectivity index is 2.24. The number of carbonyl (C=O) groups is 1. The second-order valence-corrected chi connectivity index (χ2v) is 6.33. The molecular formula is C14H17BrN2O. The van der Waals surface area contributed by atoms with E-state index in [1.165, 1.54) is 0 Å². The Hall–Kier alpha value is -1.29. The van der Waals surface area contributed by atoms with E-state index in [1.54, 1.807) is 6.08 Å². The first kappa shape index (κ1) is 13.1. The Morgan fingerprint density at radius 3 is 2.72 bits per heavy atom. The van der Waals surface area contributed by atoms with Crippen molar-refractivity contribution in [1.82, 2.24) is 0 Å². The van der Waals surface area contributed by atoms with Crippen molar-refractivity contribution in [3.05, 3.63) is 34.4 Å². The molecule has 0 amide bonds. The summed E-state index contributed by atoms with van der Waals surface area (Å²) in [4.78, 5) is 11.7. The topological polar surface area (TPSA) is 55.1 Å². The van der Waals surface area contributed by atoms with Crippen LogP contribution in [-0.2, 0) is 4.79 Å². The molecule has 0 atom stereocenters. The van der Waals surface area contributed by atoms with Gasteiger partial charge in [0.15, 0.2) is 5.78 Å². The van der Waals surface area contributed by atoms with Gasteiger partial charge in [0.1, 0.15) is 0 Å². The molecule has 0 aliphatic heterocycles. The Morgan fingerprint density at radius 2 is 2.06 bits per heavy atom. The first-order valence-corrected chi connectivity index (χ1v) is 6.71. The Morgan fingerprint density at radius 1 is 1.33 bits per heavy atom. The molecule has 3 nitrogen and oxygen atoms in total. The summed E-state index contributed by atoms with van der Waals surface area (Å²) in [7, 11) is 0. The highest BCUT2D eigenvalue weighted by Gasteiger charge is 2.27. The minimum Gasteiger partial charge on any atom is -0.396 e. The second-order valence-electron chi connectivity index (χ2n) is 5.48. The Labute approximate surface area is 116 Å². The number of nitrogen functional groups attached to an aromatic ring is 1. The first-order chi connectivity index (χ1) is 8.37. The van der Waals surface area contributed by atoms with E-state index in [-0.39, 0.29) is 11.2 Å². The largest absolute Gasteiger partial charge is 0.396 e. The van der Waals surface area contributed by atoms with Crippen LogP contribution in [0.15, 0.2) is 34.4 Å². The van der Waals surface area contributed by atoms with Crippen LogP contribution in [-0.4, -0.2) is 5.78 Å². The fourth-order valence-corrected chi connectivity index (χ4v) is 2.61. The molecule has 4 heteroatoms. The van der Waals surface area contributed by atoms with Crippen molar-refractivity contribution < 1.29 is 4.79 Å². The summed E-state index contributed by atoms with van der Waals surface area (Å²) in [5.74, 6) is 0.169. The number of allylic oxidation sites excluding steroid dienone is 2. The van der Waals surface area contributed by atoms with Gasteiger partial charge in [-0.05, 0) is 39.9 Å². The van der Waals surface area contributed by atoms with Gasteiger partial charge >= 0.3 is 0 Å². The van der Waals surface area contributed by atoms with Gasteiger partial charge < -0.3 is 11.1 Å². The van der Waals surface area contributed by atoms with Crippen LogP contribution in [0, 0.1) is 5.41 Å². The molecule has 1 aliphatic rings. The summed E-state index contributed by atoms with van der Waals surface area (Å²) in [5, 5.41) is 3.26.